The second kappa shape index (κ2) is 10.4. The zero-order valence-corrected chi connectivity index (χ0v) is 7.51. The lowest BCUT2D eigenvalue weighted by atomic mass is 10.4. The number of hydrogen-bond acceptors (Lipinski definition) is 1. The normalized spacial score (nSPS) is 11.6. The van der Waals surface area contributed by atoms with Crippen LogP contribution in [0.3, 0.4) is 0 Å². The lowest BCUT2D eigenvalue weighted by Gasteiger charge is -1.98. The highest BCUT2D eigenvalue weighted by molar-refractivity contribution is 7.99. The summed E-state index contributed by atoms with van der Waals surface area (Å²) in [5.41, 5.74) is 0. The molecule has 0 amide bonds. The van der Waals surface area contributed by atoms with E-state index in [0.29, 0.717) is 0 Å². The van der Waals surface area contributed by atoms with Crippen LogP contribution in [0.25, 0.3) is 0 Å². The van der Waals surface area contributed by atoms with Gasteiger partial charge in [0.2, 0.25) is 0 Å². The second-order valence-corrected chi connectivity index (χ2v) is 2.73. The van der Waals surface area contributed by atoms with Crippen molar-refractivity contribution in [2.24, 2.45) is 0 Å². The Bertz CT molecular complexity index is 23.6. The van der Waals surface area contributed by atoms with Crippen LogP contribution in [0.5, 0.6) is 0 Å². The second-order valence-electron chi connectivity index (χ2n) is 1.45. The predicted octanol–water partition coefficient (Wildman–Crippen LogP) is 3.17. The van der Waals surface area contributed by atoms with E-state index in [-0.39, 0.29) is 0 Å². The van der Waals surface area contributed by atoms with E-state index >= 15 is 0 Å². The van der Waals surface area contributed by atoms with Crippen LogP contribution in [0.15, 0.2) is 0 Å². The summed E-state index contributed by atoms with van der Waals surface area (Å²) >= 11 is 1.92. The molecule has 1 unspecified atom stereocenters. The van der Waals surface area contributed by atoms with Crippen molar-refractivity contribution in [3.63, 3.8) is 0 Å². The Morgan fingerprint density at radius 1 is 1.38 bits per heavy atom. The summed E-state index contributed by atoms with van der Waals surface area (Å²) in [5.74, 6) is 0. The maximum Gasteiger partial charge on any atom is 0.00133 e. The van der Waals surface area contributed by atoms with Crippen LogP contribution in [0.4, 0.5) is 0 Å². The van der Waals surface area contributed by atoms with E-state index in [9.17, 15) is 0 Å². The molecule has 0 bridgehead atoms. The Morgan fingerprint density at radius 3 is 1.75 bits per heavy atom. The number of thioether (sulfide) groups is 1. The van der Waals surface area contributed by atoms with Crippen molar-refractivity contribution in [3.05, 3.63) is 0 Å². The molecule has 52 valence electrons. The molecule has 0 saturated carbocycles. The molecule has 0 spiro atoms. The molecule has 8 heavy (non-hydrogen) atoms. The molecule has 0 fully saturated rings. The Balaban J connectivity index is 0. The van der Waals surface area contributed by atoms with Crippen molar-refractivity contribution in [3.8, 4) is 0 Å². The summed E-state index contributed by atoms with van der Waals surface area (Å²) in [5, 5.41) is 0.852. The fourth-order valence-electron chi connectivity index (χ4n) is 0.167. The maximum absolute atomic E-state index is 2.24. The van der Waals surface area contributed by atoms with Gasteiger partial charge in [-0.2, -0.15) is 11.8 Å². The molecule has 0 aromatic heterocycles. The van der Waals surface area contributed by atoms with Gasteiger partial charge in [-0.3, -0.25) is 0 Å². The van der Waals surface area contributed by atoms with Crippen molar-refractivity contribution in [2.75, 3.05) is 6.26 Å². The standard InChI is InChI=1S/C5H12S.C2H6/c1-4-5(2)6-3;1-2/h5H,4H2,1-3H3;1-2H3. The molecular weight excluding hydrogens is 116 g/mol. The Kier molecular flexibility index (Phi) is 14.5. The average molecular weight is 134 g/mol. The van der Waals surface area contributed by atoms with Crippen molar-refractivity contribution in [1.82, 2.24) is 0 Å². The first kappa shape index (κ1) is 11.2. The molecule has 1 atom stereocenters. The van der Waals surface area contributed by atoms with Gasteiger partial charge in [-0.25, -0.2) is 0 Å². The van der Waals surface area contributed by atoms with E-state index < -0.39 is 0 Å². The summed E-state index contributed by atoms with van der Waals surface area (Å²) in [6, 6.07) is 0. The number of rotatable bonds is 2. The first-order valence-electron chi connectivity index (χ1n) is 3.34. The Hall–Kier alpha value is 0.350. The molecule has 1 heteroatoms. The molecule has 0 rings (SSSR count). The molecule has 0 heterocycles. The van der Waals surface area contributed by atoms with Crippen LogP contribution < -0.4 is 0 Å². The fraction of sp³-hybridized carbons (Fsp3) is 1.00. The zero-order valence-electron chi connectivity index (χ0n) is 6.69. The summed E-state index contributed by atoms with van der Waals surface area (Å²) in [7, 11) is 0. The monoisotopic (exact) mass is 134 g/mol. The Labute approximate surface area is 58.1 Å². The van der Waals surface area contributed by atoms with Gasteiger partial charge >= 0.3 is 0 Å². The van der Waals surface area contributed by atoms with Crippen LogP contribution >= 0.6 is 11.8 Å². The largest absolute Gasteiger partial charge is 0.162 e. The van der Waals surface area contributed by atoms with Gasteiger partial charge in [-0.05, 0) is 12.7 Å². The number of hydrogen-bond donors (Lipinski definition) is 0. The van der Waals surface area contributed by atoms with Crippen molar-refractivity contribution < 1.29 is 0 Å². The average Bonchev–Trinajstić information content (AvgIpc) is 1.91. The van der Waals surface area contributed by atoms with E-state index in [4.69, 9.17) is 0 Å². The van der Waals surface area contributed by atoms with E-state index in [1.54, 1.807) is 0 Å². The van der Waals surface area contributed by atoms with E-state index in [1.807, 2.05) is 25.6 Å². The molecule has 0 nitrogen and oxygen atoms in total. The van der Waals surface area contributed by atoms with E-state index in [1.165, 1.54) is 6.42 Å². The Morgan fingerprint density at radius 2 is 1.75 bits per heavy atom. The van der Waals surface area contributed by atoms with Crippen LogP contribution in [0.2, 0.25) is 0 Å². The lowest BCUT2D eigenvalue weighted by Crippen LogP contribution is -1.87. The van der Waals surface area contributed by atoms with E-state index in [2.05, 4.69) is 20.1 Å². The minimum Gasteiger partial charge on any atom is -0.162 e. The summed E-state index contributed by atoms with van der Waals surface area (Å²) in [6.07, 6.45) is 3.44. The summed E-state index contributed by atoms with van der Waals surface area (Å²) in [4.78, 5) is 0. The minimum absolute atomic E-state index is 0.852. The summed E-state index contributed by atoms with van der Waals surface area (Å²) < 4.78 is 0. The highest BCUT2D eigenvalue weighted by Gasteiger charge is 1.89. The van der Waals surface area contributed by atoms with E-state index in [0.717, 1.165) is 5.25 Å². The van der Waals surface area contributed by atoms with Gasteiger partial charge in [0.1, 0.15) is 0 Å². The van der Waals surface area contributed by atoms with Gasteiger partial charge in [0.05, 0.1) is 0 Å². The third-order valence-corrected chi connectivity index (χ3v) is 2.12. The topological polar surface area (TPSA) is 0 Å². The predicted molar refractivity (Wildman–Crippen MR) is 44.6 cm³/mol. The highest BCUT2D eigenvalue weighted by atomic mass is 32.2. The lowest BCUT2D eigenvalue weighted by molar-refractivity contribution is 0.909. The van der Waals surface area contributed by atoms with Gasteiger partial charge in [-0.15, -0.1) is 0 Å². The first-order valence-corrected chi connectivity index (χ1v) is 4.62. The zero-order chi connectivity index (χ0) is 6.99. The molecular formula is C7H18S. The van der Waals surface area contributed by atoms with Gasteiger partial charge < -0.3 is 0 Å². The maximum atomic E-state index is 2.24. The first-order chi connectivity index (χ1) is 3.81. The fourth-order valence-corrected chi connectivity index (χ4v) is 0.500. The van der Waals surface area contributed by atoms with Crippen LogP contribution in [0.1, 0.15) is 34.1 Å². The van der Waals surface area contributed by atoms with Crippen LogP contribution in [-0.4, -0.2) is 11.5 Å². The van der Waals surface area contributed by atoms with Gasteiger partial charge in [0, 0.05) is 5.25 Å². The summed E-state index contributed by atoms with van der Waals surface area (Å²) in [6.45, 7) is 8.45. The van der Waals surface area contributed by atoms with Crippen LogP contribution in [-0.2, 0) is 0 Å². The quantitative estimate of drug-likeness (QED) is 0.559. The molecule has 0 aliphatic carbocycles. The minimum atomic E-state index is 0.852. The highest BCUT2D eigenvalue weighted by Crippen LogP contribution is 2.06. The van der Waals surface area contributed by atoms with Crippen molar-refractivity contribution in [2.45, 2.75) is 39.4 Å². The molecule has 0 radical (unpaired) electrons. The molecule has 0 aromatic rings. The smallest absolute Gasteiger partial charge is 0.00133 e. The van der Waals surface area contributed by atoms with Crippen molar-refractivity contribution >= 4 is 11.8 Å². The molecule has 0 aliphatic heterocycles. The SMILES string of the molecule is CC.CCC(C)SC. The molecule has 0 N–H and O–H groups in total. The molecule has 0 saturated heterocycles. The third-order valence-electron chi connectivity index (χ3n) is 0.977. The molecule has 0 aromatic carbocycles. The van der Waals surface area contributed by atoms with Gasteiger partial charge in [-0.1, -0.05) is 27.7 Å². The van der Waals surface area contributed by atoms with Crippen molar-refractivity contribution in [1.29, 1.82) is 0 Å². The van der Waals surface area contributed by atoms with Gasteiger partial charge in [0.25, 0.3) is 0 Å². The third kappa shape index (κ3) is 9.61. The van der Waals surface area contributed by atoms with Gasteiger partial charge in [0.15, 0.2) is 0 Å². The molecule has 0 aliphatic rings. The van der Waals surface area contributed by atoms with Crippen LogP contribution in [0, 0.1) is 0 Å².